The van der Waals surface area contributed by atoms with Crippen molar-refractivity contribution in [2.24, 2.45) is 0 Å². The van der Waals surface area contributed by atoms with E-state index >= 15 is 0 Å². The smallest absolute Gasteiger partial charge is 0.211 e. The average molecular weight is 253 g/mol. The van der Waals surface area contributed by atoms with Gasteiger partial charge in [-0.3, -0.25) is 4.79 Å². The lowest BCUT2D eigenvalue weighted by atomic mass is 10.00. The second-order valence-corrected chi connectivity index (χ2v) is 6.15. The number of carbonyl (C=O) groups is 1. The summed E-state index contributed by atoms with van der Waals surface area (Å²) in [6.45, 7) is 13.2. The van der Waals surface area contributed by atoms with Gasteiger partial charge in [-0.25, -0.2) is 4.98 Å². The van der Waals surface area contributed by atoms with Crippen LogP contribution in [-0.2, 0) is 17.6 Å². The summed E-state index contributed by atoms with van der Waals surface area (Å²) in [5.74, 6) is 0.792. The largest absolute Gasteiger partial charge is 0.384 e. The zero-order valence-corrected chi connectivity index (χ0v) is 12.4. The zero-order valence-electron chi connectivity index (χ0n) is 13.4. The number of aromatic nitrogens is 2. The van der Waals surface area contributed by atoms with Crippen LogP contribution in [0.2, 0.25) is 0 Å². The molecule has 0 saturated carbocycles. The number of ketones is 1. The van der Waals surface area contributed by atoms with Gasteiger partial charge in [0.1, 0.15) is 22.8 Å². The SMILES string of the molecule is [2H]OC(C)(C)c1nc(CC)n(C(C)(C)C)c1C(C)=O. The van der Waals surface area contributed by atoms with E-state index in [9.17, 15) is 4.79 Å². The Hall–Kier alpha value is -1.16. The van der Waals surface area contributed by atoms with E-state index in [-0.39, 0.29) is 11.3 Å². The van der Waals surface area contributed by atoms with E-state index in [2.05, 4.69) is 4.98 Å². The van der Waals surface area contributed by atoms with Crippen LogP contribution in [-0.4, -0.2) is 21.9 Å². The molecule has 0 radical (unpaired) electrons. The molecule has 0 saturated heterocycles. The van der Waals surface area contributed by atoms with Gasteiger partial charge in [0, 0.05) is 18.9 Å². The maximum Gasteiger partial charge on any atom is 0.211 e. The molecule has 1 heterocycles. The number of aryl methyl sites for hydroxylation is 1. The van der Waals surface area contributed by atoms with Crippen LogP contribution in [0.25, 0.3) is 0 Å². The minimum atomic E-state index is -0.901. The van der Waals surface area contributed by atoms with Gasteiger partial charge in [-0.15, -0.1) is 0 Å². The molecule has 0 fully saturated rings. The molecular weight excluding hydrogens is 228 g/mol. The van der Waals surface area contributed by atoms with Crippen molar-refractivity contribution >= 4 is 5.78 Å². The number of imidazole rings is 1. The predicted octanol–water partition coefficient (Wildman–Crippen LogP) is 2.63. The van der Waals surface area contributed by atoms with Gasteiger partial charge in [0.15, 0.2) is 5.78 Å². The summed E-state index contributed by atoms with van der Waals surface area (Å²) < 4.78 is 9.18. The molecular formula is C14H24N2O2. The summed E-state index contributed by atoms with van der Waals surface area (Å²) in [6.07, 6.45) is 0.728. The fourth-order valence-electron chi connectivity index (χ4n) is 2.17. The molecule has 0 bridgehead atoms. The monoisotopic (exact) mass is 253 g/mol. The Balaban J connectivity index is 3.69. The minimum Gasteiger partial charge on any atom is -0.384 e. The molecule has 4 nitrogen and oxygen atoms in total. The first kappa shape index (κ1) is 13.3. The highest BCUT2D eigenvalue weighted by Gasteiger charge is 2.33. The topological polar surface area (TPSA) is 55.1 Å². The van der Waals surface area contributed by atoms with E-state index in [4.69, 9.17) is 6.54 Å². The van der Waals surface area contributed by atoms with E-state index in [0.29, 0.717) is 11.4 Å². The number of rotatable bonds is 4. The molecule has 0 atom stereocenters. The molecule has 102 valence electrons. The van der Waals surface area contributed by atoms with Gasteiger partial charge >= 0.3 is 0 Å². The van der Waals surface area contributed by atoms with Gasteiger partial charge in [0.05, 0.1) is 0 Å². The van der Waals surface area contributed by atoms with Gasteiger partial charge in [0.25, 0.3) is 0 Å². The molecule has 0 aliphatic rings. The minimum absolute atomic E-state index is 0.0535. The highest BCUT2D eigenvalue weighted by molar-refractivity contribution is 5.94. The summed E-state index contributed by atoms with van der Waals surface area (Å²) in [5, 5.41) is 4.76. The van der Waals surface area contributed by atoms with E-state index in [0.717, 1.165) is 12.2 Å². The number of aliphatic hydroxyl groups is 1. The van der Waals surface area contributed by atoms with E-state index in [1.807, 2.05) is 32.3 Å². The lowest BCUT2D eigenvalue weighted by Crippen LogP contribution is -2.29. The predicted molar refractivity (Wildman–Crippen MR) is 71.9 cm³/mol. The molecule has 0 aromatic carbocycles. The lowest BCUT2D eigenvalue weighted by Gasteiger charge is -2.26. The van der Waals surface area contributed by atoms with Crippen LogP contribution in [0.5, 0.6) is 0 Å². The summed E-state index contributed by atoms with van der Waals surface area (Å²) in [6, 6.07) is 0. The highest BCUT2D eigenvalue weighted by atomic mass is 16.3. The molecule has 0 unspecified atom stereocenters. The number of nitrogens with zero attached hydrogens (tertiary/aromatic N) is 2. The molecule has 1 aromatic heterocycles. The van der Waals surface area contributed by atoms with Crippen molar-refractivity contribution in [3.63, 3.8) is 0 Å². The van der Waals surface area contributed by atoms with Crippen LogP contribution >= 0.6 is 0 Å². The van der Waals surface area contributed by atoms with Gasteiger partial charge in [0.2, 0.25) is 1.43 Å². The summed E-state index contributed by atoms with van der Waals surface area (Å²) in [7, 11) is 0. The highest BCUT2D eigenvalue weighted by Crippen LogP contribution is 2.29. The molecule has 4 heteroatoms. The standard InChI is InChI=1S/C14H24N2O2/c1-8-10-15-12(14(6,7)18)11(9(2)17)16(10)13(3,4)5/h18H,8H2,1-7H3/i18D. The Morgan fingerprint density at radius 2 is 1.94 bits per heavy atom. The van der Waals surface area contributed by atoms with Gasteiger partial charge < -0.3 is 9.68 Å². The molecule has 0 aliphatic carbocycles. The van der Waals surface area contributed by atoms with E-state index < -0.39 is 5.60 Å². The Kier molecular flexibility index (Phi) is 3.32. The van der Waals surface area contributed by atoms with Crippen molar-refractivity contribution in [1.29, 1.82) is 1.43 Å². The normalized spacial score (nSPS) is 13.6. The fraction of sp³-hybridized carbons (Fsp3) is 0.714. The summed E-state index contributed by atoms with van der Waals surface area (Å²) >= 11 is 0. The molecule has 0 aliphatic heterocycles. The van der Waals surface area contributed by atoms with Crippen LogP contribution in [0.15, 0.2) is 0 Å². The Labute approximate surface area is 111 Å². The third-order valence-electron chi connectivity index (χ3n) is 2.84. The first-order chi connectivity index (χ1) is 8.56. The molecule has 1 aromatic rings. The number of carbonyl (C=O) groups excluding carboxylic acids is 1. The van der Waals surface area contributed by atoms with Crippen molar-refractivity contribution in [2.75, 3.05) is 0 Å². The van der Waals surface area contributed by atoms with Crippen LogP contribution < -0.4 is 0 Å². The molecule has 1 N–H and O–H groups in total. The van der Waals surface area contributed by atoms with Crippen LogP contribution in [0.1, 0.15) is 70.5 Å². The van der Waals surface area contributed by atoms with Crippen molar-refractivity contribution in [1.82, 2.24) is 9.55 Å². The third kappa shape index (κ3) is 2.64. The third-order valence-corrected chi connectivity index (χ3v) is 2.84. The number of hydrogen-bond donors (Lipinski definition) is 1. The van der Waals surface area contributed by atoms with Crippen LogP contribution in [0, 0.1) is 0 Å². The van der Waals surface area contributed by atoms with Crippen molar-refractivity contribution in [3.8, 4) is 0 Å². The number of hydrogen-bond acceptors (Lipinski definition) is 3. The average Bonchev–Trinajstić information content (AvgIpc) is 2.68. The first-order valence-corrected chi connectivity index (χ1v) is 6.34. The van der Waals surface area contributed by atoms with E-state index in [1.165, 1.54) is 6.92 Å². The van der Waals surface area contributed by atoms with Gasteiger partial charge in [-0.05, 0) is 34.6 Å². The second kappa shape index (κ2) is 4.50. The lowest BCUT2D eigenvalue weighted by molar-refractivity contribution is 0.0710. The molecule has 1 rings (SSSR count). The quantitative estimate of drug-likeness (QED) is 0.839. The van der Waals surface area contributed by atoms with Gasteiger partial charge in [-0.2, -0.15) is 0 Å². The zero-order chi connectivity index (χ0) is 15.0. The maximum atomic E-state index is 12.0. The molecule has 18 heavy (non-hydrogen) atoms. The summed E-state index contributed by atoms with van der Waals surface area (Å²) in [4.78, 5) is 16.6. The van der Waals surface area contributed by atoms with Gasteiger partial charge in [-0.1, -0.05) is 6.92 Å². The Morgan fingerprint density at radius 1 is 1.39 bits per heavy atom. The summed E-state index contributed by atoms with van der Waals surface area (Å²) in [5.41, 5.74) is -0.0553. The van der Waals surface area contributed by atoms with Crippen molar-refractivity contribution < 1.29 is 9.90 Å². The maximum absolute atomic E-state index is 12.0. The number of Topliss-reactive ketones (excluding diaryl/α,β-unsaturated/α-hetero) is 1. The van der Waals surface area contributed by atoms with Crippen LogP contribution in [0.4, 0.5) is 0 Å². The molecule has 0 spiro atoms. The van der Waals surface area contributed by atoms with Crippen molar-refractivity contribution in [3.05, 3.63) is 17.2 Å². The first-order valence-electron chi connectivity index (χ1n) is 6.75. The Bertz CT molecular complexity index is 484. The Morgan fingerprint density at radius 3 is 2.28 bits per heavy atom. The molecule has 0 amide bonds. The van der Waals surface area contributed by atoms with Crippen molar-refractivity contribution in [2.45, 2.75) is 66.0 Å². The second-order valence-electron chi connectivity index (χ2n) is 6.15. The van der Waals surface area contributed by atoms with E-state index in [1.54, 1.807) is 13.8 Å². The fourth-order valence-corrected chi connectivity index (χ4v) is 2.17. The van der Waals surface area contributed by atoms with Crippen LogP contribution in [0.3, 0.4) is 0 Å².